The number of anilines is 2. The van der Waals surface area contributed by atoms with Crippen LogP contribution in [0.2, 0.25) is 0 Å². The number of aryl methyl sites for hydroxylation is 1. The summed E-state index contributed by atoms with van der Waals surface area (Å²) < 4.78 is 28.9. The van der Waals surface area contributed by atoms with Gasteiger partial charge >= 0.3 is 0 Å². The van der Waals surface area contributed by atoms with E-state index in [-0.39, 0.29) is 17.8 Å². The van der Waals surface area contributed by atoms with Gasteiger partial charge in [0.1, 0.15) is 0 Å². The maximum atomic E-state index is 14.3. The average molecular weight is 462 g/mol. The molecular formula is C17H17F2IN2O3. The van der Waals surface area contributed by atoms with Crippen molar-refractivity contribution >= 4 is 39.9 Å². The summed E-state index contributed by atoms with van der Waals surface area (Å²) in [4.78, 5) is 12.2. The molecule has 0 fully saturated rings. The molecule has 2 aromatic rings. The van der Waals surface area contributed by atoms with E-state index in [0.29, 0.717) is 5.69 Å². The fourth-order valence-corrected chi connectivity index (χ4v) is 2.78. The number of rotatable bonds is 6. The van der Waals surface area contributed by atoms with E-state index in [1.165, 1.54) is 0 Å². The van der Waals surface area contributed by atoms with E-state index in [1.807, 2.05) is 6.07 Å². The van der Waals surface area contributed by atoms with Gasteiger partial charge in [-0.2, -0.15) is 0 Å². The summed E-state index contributed by atoms with van der Waals surface area (Å²) in [5.74, 6) is -2.96. The molecule has 0 aliphatic heterocycles. The second kappa shape index (κ2) is 8.54. The van der Waals surface area contributed by atoms with Gasteiger partial charge in [-0.15, -0.1) is 0 Å². The van der Waals surface area contributed by atoms with Crippen LogP contribution in [0.4, 0.5) is 20.2 Å². The normalized spacial score (nSPS) is 11.9. The highest BCUT2D eigenvalue weighted by atomic mass is 127. The molecule has 0 saturated heterocycles. The smallest absolute Gasteiger partial charge is 0.253 e. The van der Waals surface area contributed by atoms with Gasteiger partial charge in [0.2, 0.25) is 0 Å². The molecule has 1 amide bonds. The van der Waals surface area contributed by atoms with Gasteiger partial charge in [0.15, 0.2) is 11.6 Å². The molecule has 8 heteroatoms. The molecule has 0 spiro atoms. The molecular weight excluding hydrogens is 445 g/mol. The summed E-state index contributed by atoms with van der Waals surface area (Å²) in [5.41, 5.74) is 0.939. The number of aliphatic hydroxyl groups is 2. The molecule has 0 radical (unpaired) electrons. The maximum absolute atomic E-state index is 14.3. The van der Waals surface area contributed by atoms with Crippen LogP contribution in [-0.2, 0) is 0 Å². The number of nitrogens with one attached hydrogen (secondary N) is 2. The number of carbonyl (C=O) groups is 1. The van der Waals surface area contributed by atoms with Gasteiger partial charge in [0.25, 0.3) is 5.91 Å². The van der Waals surface area contributed by atoms with Crippen LogP contribution in [0, 0.1) is 22.1 Å². The first-order valence-corrected chi connectivity index (χ1v) is 8.49. The Morgan fingerprint density at radius 2 is 2.00 bits per heavy atom. The number of hydrogen-bond donors (Lipinski definition) is 4. The maximum Gasteiger partial charge on any atom is 0.253 e. The third kappa shape index (κ3) is 4.86. The van der Waals surface area contributed by atoms with Crippen molar-refractivity contribution in [3.8, 4) is 0 Å². The zero-order valence-corrected chi connectivity index (χ0v) is 15.5. The van der Waals surface area contributed by atoms with Gasteiger partial charge in [-0.25, -0.2) is 8.78 Å². The molecule has 1 atom stereocenters. The summed E-state index contributed by atoms with van der Waals surface area (Å²) in [6, 6.07) is 7.38. The molecule has 25 heavy (non-hydrogen) atoms. The third-order valence-corrected chi connectivity index (χ3v) is 4.17. The Kier molecular flexibility index (Phi) is 6.68. The second-order valence-corrected chi connectivity index (χ2v) is 6.66. The van der Waals surface area contributed by atoms with Crippen molar-refractivity contribution in [3.63, 3.8) is 0 Å². The molecule has 2 rings (SSSR count). The van der Waals surface area contributed by atoms with E-state index in [1.54, 1.807) is 19.1 Å². The second-order valence-electron chi connectivity index (χ2n) is 5.41. The quantitative estimate of drug-likeness (QED) is 0.498. The monoisotopic (exact) mass is 462 g/mol. The highest BCUT2D eigenvalue weighted by Crippen LogP contribution is 2.28. The average Bonchev–Trinajstić information content (AvgIpc) is 2.58. The van der Waals surface area contributed by atoms with E-state index in [0.717, 1.165) is 21.3 Å². The zero-order chi connectivity index (χ0) is 18.6. The van der Waals surface area contributed by atoms with E-state index < -0.39 is 30.3 Å². The molecule has 0 aliphatic carbocycles. The SMILES string of the molecule is Cc1cc(I)ccc1Nc1c(C(=O)NCC(O)CO)ccc(F)c1F. The van der Waals surface area contributed by atoms with Crippen molar-refractivity contribution in [1.82, 2.24) is 5.32 Å². The Labute approximate surface area is 157 Å². The molecule has 0 heterocycles. The predicted molar refractivity (Wildman–Crippen MR) is 99.0 cm³/mol. The minimum atomic E-state index is -1.17. The van der Waals surface area contributed by atoms with Crippen molar-refractivity contribution in [1.29, 1.82) is 0 Å². The van der Waals surface area contributed by atoms with Crippen LogP contribution in [0.25, 0.3) is 0 Å². The summed E-state index contributed by atoms with van der Waals surface area (Å²) >= 11 is 2.13. The molecule has 5 nitrogen and oxygen atoms in total. The van der Waals surface area contributed by atoms with E-state index in [4.69, 9.17) is 5.11 Å². The Balaban J connectivity index is 2.35. The Morgan fingerprint density at radius 1 is 1.28 bits per heavy atom. The van der Waals surface area contributed by atoms with Crippen LogP contribution in [0.15, 0.2) is 30.3 Å². The number of hydrogen-bond acceptors (Lipinski definition) is 4. The molecule has 0 aliphatic rings. The van der Waals surface area contributed by atoms with Crippen molar-refractivity contribution in [2.75, 3.05) is 18.5 Å². The first-order chi connectivity index (χ1) is 11.8. The lowest BCUT2D eigenvalue weighted by molar-refractivity contribution is 0.0802. The first-order valence-electron chi connectivity index (χ1n) is 7.41. The van der Waals surface area contributed by atoms with Crippen LogP contribution in [0.3, 0.4) is 0 Å². The number of amides is 1. The van der Waals surface area contributed by atoms with Gasteiger partial charge < -0.3 is 20.8 Å². The Hall–Kier alpha value is -1.78. The largest absolute Gasteiger partial charge is 0.394 e. The van der Waals surface area contributed by atoms with Gasteiger partial charge in [-0.1, -0.05) is 0 Å². The number of benzene rings is 2. The molecule has 0 saturated carbocycles. The number of aliphatic hydroxyl groups excluding tert-OH is 2. The molecule has 134 valence electrons. The lowest BCUT2D eigenvalue weighted by Crippen LogP contribution is -2.34. The molecule has 1 unspecified atom stereocenters. The highest BCUT2D eigenvalue weighted by molar-refractivity contribution is 14.1. The molecule has 0 bridgehead atoms. The Bertz CT molecular complexity index is 787. The van der Waals surface area contributed by atoms with E-state index in [2.05, 4.69) is 33.2 Å². The van der Waals surface area contributed by atoms with E-state index >= 15 is 0 Å². The highest BCUT2D eigenvalue weighted by Gasteiger charge is 2.20. The molecule has 2 aromatic carbocycles. The minimum absolute atomic E-state index is 0.109. The lowest BCUT2D eigenvalue weighted by Gasteiger charge is -2.16. The van der Waals surface area contributed by atoms with Gasteiger partial charge in [0, 0.05) is 15.8 Å². The van der Waals surface area contributed by atoms with Crippen LogP contribution in [-0.4, -0.2) is 35.4 Å². The molecule has 0 aromatic heterocycles. The van der Waals surface area contributed by atoms with E-state index in [9.17, 15) is 18.7 Å². The van der Waals surface area contributed by atoms with Crippen LogP contribution in [0.5, 0.6) is 0 Å². The van der Waals surface area contributed by atoms with Crippen LogP contribution in [0.1, 0.15) is 15.9 Å². The summed E-state index contributed by atoms with van der Waals surface area (Å²) in [7, 11) is 0. The lowest BCUT2D eigenvalue weighted by atomic mass is 10.1. The number of carbonyl (C=O) groups excluding carboxylic acids is 1. The fourth-order valence-electron chi connectivity index (χ4n) is 2.13. The Morgan fingerprint density at radius 3 is 2.64 bits per heavy atom. The van der Waals surface area contributed by atoms with Crippen molar-refractivity contribution < 1.29 is 23.8 Å². The molecule has 4 N–H and O–H groups in total. The third-order valence-electron chi connectivity index (χ3n) is 3.50. The van der Waals surface area contributed by atoms with Crippen molar-refractivity contribution in [3.05, 3.63) is 56.7 Å². The van der Waals surface area contributed by atoms with Crippen LogP contribution >= 0.6 is 22.6 Å². The van der Waals surface area contributed by atoms with Gasteiger partial charge in [-0.3, -0.25) is 4.79 Å². The summed E-state index contributed by atoms with van der Waals surface area (Å²) in [6.07, 6.45) is -1.14. The van der Waals surface area contributed by atoms with Crippen molar-refractivity contribution in [2.24, 2.45) is 0 Å². The number of halogens is 3. The zero-order valence-electron chi connectivity index (χ0n) is 13.3. The summed E-state index contributed by atoms with van der Waals surface area (Å²) in [6.45, 7) is 1.07. The van der Waals surface area contributed by atoms with Gasteiger partial charge in [0.05, 0.1) is 24.0 Å². The topological polar surface area (TPSA) is 81.6 Å². The van der Waals surface area contributed by atoms with Crippen LogP contribution < -0.4 is 10.6 Å². The van der Waals surface area contributed by atoms with Crippen molar-refractivity contribution in [2.45, 2.75) is 13.0 Å². The minimum Gasteiger partial charge on any atom is -0.394 e. The van der Waals surface area contributed by atoms with Gasteiger partial charge in [-0.05, 0) is 65.4 Å². The predicted octanol–water partition coefficient (Wildman–Crippen LogP) is 2.70. The summed E-state index contributed by atoms with van der Waals surface area (Å²) in [5, 5.41) is 23.2. The standard InChI is InChI=1S/C17H17F2IN2O3/c1-9-6-10(20)2-5-14(9)22-16-12(3-4-13(18)15(16)19)17(25)21-7-11(24)8-23/h2-6,11,22-24H,7-8H2,1H3,(H,21,25). The first kappa shape index (κ1) is 19.5. The fraction of sp³-hybridized carbons (Fsp3) is 0.235.